The van der Waals surface area contributed by atoms with E-state index in [9.17, 15) is 25.2 Å². The van der Waals surface area contributed by atoms with Crippen LogP contribution in [0.2, 0.25) is 0 Å². The van der Waals surface area contributed by atoms with E-state index < -0.39 is 43.4 Å². The molecule has 1 aliphatic heterocycles. The number of aliphatic hydroxyl groups excluding tert-OH is 4. The van der Waals surface area contributed by atoms with Crippen molar-refractivity contribution in [3.8, 4) is 0 Å². The van der Waals surface area contributed by atoms with E-state index in [1.807, 2.05) is 0 Å². The minimum atomic E-state index is -1.54. The summed E-state index contributed by atoms with van der Waals surface area (Å²) in [5.41, 5.74) is 0. The zero-order chi connectivity index (χ0) is 52.1. The molecule has 1 heterocycles. The number of esters is 1. The van der Waals surface area contributed by atoms with Crippen molar-refractivity contribution < 1.29 is 44.2 Å². The molecule has 0 bridgehead atoms. The van der Waals surface area contributed by atoms with Crippen LogP contribution in [-0.4, -0.2) is 89.6 Å². The summed E-state index contributed by atoms with van der Waals surface area (Å²) >= 11 is 0. The number of hydrogen-bond acceptors (Lipinski definition) is 9. The number of carbonyl (C=O) groups excluding carboxylic acids is 1. The van der Waals surface area contributed by atoms with Crippen LogP contribution in [0.3, 0.4) is 0 Å². The zero-order valence-electron chi connectivity index (χ0n) is 47.2. The smallest absolute Gasteiger partial charge is 0.306 e. The van der Waals surface area contributed by atoms with Crippen LogP contribution in [-0.2, 0) is 23.7 Å². The van der Waals surface area contributed by atoms with E-state index in [0.29, 0.717) is 13.0 Å². The fourth-order valence-corrected chi connectivity index (χ4v) is 9.74. The number of carbonyl (C=O) groups is 1. The Bertz CT molecular complexity index is 1210. The molecule has 9 heteroatoms. The lowest BCUT2D eigenvalue weighted by atomic mass is 9.99. The number of unbranched alkanes of at least 4 members (excludes halogenated alkanes) is 38. The maximum atomic E-state index is 12.9. The summed E-state index contributed by atoms with van der Waals surface area (Å²) in [6.45, 7) is 4.60. The van der Waals surface area contributed by atoms with Crippen molar-refractivity contribution in [2.45, 2.75) is 333 Å². The molecule has 0 radical (unpaired) electrons. The molecule has 72 heavy (non-hydrogen) atoms. The number of allylic oxidation sites excluding steroid dienone is 6. The van der Waals surface area contributed by atoms with Crippen molar-refractivity contribution in [1.29, 1.82) is 0 Å². The molecule has 1 saturated heterocycles. The van der Waals surface area contributed by atoms with Gasteiger partial charge in [-0.05, 0) is 51.4 Å². The summed E-state index contributed by atoms with van der Waals surface area (Å²) in [7, 11) is 0. The summed E-state index contributed by atoms with van der Waals surface area (Å²) in [4.78, 5) is 12.9. The van der Waals surface area contributed by atoms with Crippen LogP contribution in [0.25, 0.3) is 0 Å². The highest BCUT2D eigenvalue weighted by atomic mass is 16.7. The average molecular weight is 1020 g/mol. The highest BCUT2D eigenvalue weighted by molar-refractivity contribution is 5.69. The molecule has 1 rings (SSSR count). The molecule has 0 saturated carbocycles. The van der Waals surface area contributed by atoms with Crippen LogP contribution in [0, 0.1) is 0 Å². The number of ether oxygens (including phenoxy) is 4. The van der Waals surface area contributed by atoms with Gasteiger partial charge in [0.15, 0.2) is 6.29 Å². The normalized spacial score (nSPS) is 18.9. The molecule has 0 aromatic heterocycles. The van der Waals surface area contributed by atoms with E-state index in [2.05, 4.69) is 50.3 Å². The first-order valence-corrected chi connectivity index (χ1v) is 31.1. The molecular formula is C63H118O9. The van der Waals surface area contributed by atoms with E-state index in [-0.39, 0.29) is 19.2 Å². The second-order valence-electron chi connectivity index (χ2n) is 21.5. The SMILES string of the molecule is CCCCCCC/C=C\C/C=C\C/C=C\CCCCCCCCCCC(=O)OC(COCCCCCCCCCCCCCCCCCCCCCCCCCCCC)COC1OC(CO)C(O)C(O)C1O. The Morgan fingerprint density at radius 3 is 1.21 bits per heavy atom. The molecule has 9 nitrogen and oxygen atoms in total. The van der Waals surface area contributed by atoms with E-state index in [1.165, 1.54) is 225 Å². The van der Waals surface area contributed by atoms with Crippen molar-refractivity contribution in [1.82, 2.24) is 0 Å². The topological polar surface area (TPSA) is 135 Å². The number of hydrogen-bond donors (Lipinski definition) is 4. The largest absolute Gasteiger partial charge is 0.457 e. The summed E-state index contributed by atoms with van der Waals surface area (Å²) in [5.74, 6) is -0.315. The van der Waals surface area contributed by atoms with Gasteiger partial charge >= 0.3 is 5.97 Å². The monoisotopic (exact) mass is 1020 g/mol. The van der Waals surface area contributed by atoms with Gasteiger partial charge in [-0.1, -0.05) is 275 Å². The van der Waals surface area contributed by atoms with Crippen LogP contribution in [0.15, 0.2) is 36.5 Å². The molecule has 0 aliphatic carbocycles. The molecule has 0 aromatic rings. The molecule has 4 N–H and O–H groups in total. The van der Waals surface area contributed by atoms with Gasteiger partial charge in [-0.15, -0.1) is 0 Å². The summed E-state index contributed by atoms with van der Waals surface area (Å²) < 4.78 is 23.0. The van der Waals surface area contributed by atoms with Gasteiger partial charge in [0, 0.05) is 13.0 Å². The molecule has 424 valence electrons. The van der Waals surface area contributed by atoms with Crippen molar-refractivity contribution in [2.24, 2.45) is 0 Å². The van der Waals surface area contributed by atoms with Gasteiger partial charge in [-0.3, -0.25) is 4.79 Å². The first-order valence-electron chi connectivity index (χ1n) is 31.1. The third kappa shape index (κ3) is 43.6. The van der Waals surface area contributed by atoms with Crippen molar-refractivity contribution >= 4 is 5.97 Å². The van der Waals surface area contributed by atoms with Crippen LogP contribution >= 0.6 is 0 Å². The molecule has 6 unspecified atom stereocenters. The second-order valence-corrected chi connectivity index (χ2v) is 21.5. The molecule has 1 aliphatic rings. The summed E-state index contributed by atoms with van der Waals surface area (Å²) in [6, 6.07) is 0. The van der Waals surface area contributed by atoms with Crippen LogP contribution in [0.5, 0.6) is 0 Å². The second kappa shape index (κ2) is 54.2. The Labute approximate surface area is 444 Å². The van der Waals surface area contributed by atoms with Gasteiger partial charge in [0.2, 0.25) is 0 Å². The minimum Gasteiger partial charge on any atom is -0.457 e. The Balaban J connectivity index is 2.12. The van der Waals surface area contributed by atoms with Gasteiger partial charge in [0.1, 0.15) is 30.5 Å². The third-order valence-corrected chi connectivity index (χ3v) is 14.6. The van der Waals surface area contributed by atoms with Gasteiger partial charge in [0.25, 0.3) is 0 Å². The van der Waals surface area contributed by atoms with E-state index in [4.69, 9.17) is 18.9 Å². The van der Waals surface area contributed by atoms with Crippen molar-refractivity contribution in [3.05, 3.63) is 36.5 Å². The fourth-order valence-electron chi connectivity index (χ4n) is 9.74. The van der Waals surface area contributed by atoms with Crippen molar-refractivity contribution in [2.75, 3.05) is 26.4 Å². The Morgan fingerprint density at radius 1 is 0.444 bits per heavy atom. The zero-order valence-corrected chi connectivity index (χ0v) is 47.2. The lowest BCUT2D eigenvalue weighted by Gasteiger charge is -2.39. The van der Waals surface area contributed by atoms with E-state index >= 15 is 0 Å². The predicted molar refractivity (Wildman–Crippen MR) is 302 cm³/mol. The Kier molecular flexibility index (Phi) is 51.5. The lowest BCUT2D eigenvalue weighted by molar-refractivity contribution is -0.305. The Hall–Kier alpha value is -1.59. The minimum absolute atomic E-state index is 0.113. The van der Waals surface area contributed by atoms with E-state index in [1.54, 1.807) is 0 Å². The molecule has 0 amide bonds. The van der Waals surface area contributed by atoms with Crippen LogP contribution in [0.1, 0.15) is 296 Å². The van der Waals surface area contributed by atoms with Crippen molar-refractivity contribution in [3.63, 3.8) is 0 Å². The summed E-state index contributed by atoms with van der Waals surface area (Å²) in [6.07, 6.45) is 62.1. The van der Waals surface area contributed by atoms with E-state index in [0.717, 1.165) is 51.4 Å². The van der Waals surface area contributed by atoms with Gasteiger partial charge in [-0.25, -0.2) is 0 Å². The molecule has 0 aromatic carbocycles. The molecular weight excluding hydrogens is 901 g/mol. The fraction of sp³-hybridized carbons (Fsp3) is 0.889. The first kappa shape index (κ1) is 68.4. The average Bonchev–Trinajstić information content (AvgIpc) is 3.38. The molecule has 6 atom stereocenters. The third-order valence-electron chi connectivity index (χ3n) is 14.6. The van der Waals surface area contributed by atoms with Gasteiger partial charge in [-0.2, -0.15) is 0 Å². The number of aliphatic hydroxyl groups is 4. The van der Waals surface area contributed by atoms with Gasteiger partial charge < -0.3 is 39.4 Å². The highest BCUT2D eigenvalue weighted by Gasteiger charge is 2.44. The summed E-state index contributed by atoms with van der Waals surface area (Å²) in [5, 5.41) is 40.4. The maximum Gasteiger partial charge on any atom is 0.306 e. The maximum absolute atomic E-state index is 12.9. The Morgan fingerprint density at radius 2 is 0.806 bits per heavy atom. The standard InChI is InChI=1S/C63H118O9/c1-3-5-7-9-11-13-15-17-19-21-23-25-27-28-29-31-33-35-37-39-41-43-45-47-49-51-53-69-55-57(56-70-63-62(68)61(67)60(66)58(54-64)72-63)71-59(65)52-50-48-46-44-42-40-38-36-34-32-30-26-24-22-20-18-16-14-12-10-8-6-4-2/h16,18,22,24,30,32,57-58,60-64,66-68H,3-15,17,19-21,23,25-29,31,33-56H2,1-2H3/b18-16-,24-22-,32-30-. The number of rotatable bonds is 55. The van der Waals surface area contributed by atoms with Crippen LogP contribution in [0.4, 0.5) is 0 Å². The molecule has 1 fully saturated rings. The highest BCUT2D eigenvalue weighted by Crippen LogP contribution is 2.23. The lowest BCUT2D eigenvalue weighted by Crippen LogP contribution is -2.59. The predicted octanol–water partition coefficient (Wildman–Crippen LogP) is 16.6. The van der Waals surface area contributed by atoms with Crippen LogP contribution < -0.4 is 0 Å². The van der Waals surface area contributed by atoms with Gasteiger partial charge in [0.05, 0.1) is 19.8 Å². The molecule has 0 spiro atoms. The quantitative estimate of drug-likeness (QED) is 0.0267. The first-order chi connectivity index (χ1) is 35.4.